The second-order valence-corrected chi connectivity index (χ2v) is 8.27. The molecule has 0 aliphatic carbocycles. The van der Waals surface area contributed by atoms with Crippen molar-refractivity contribution in [2.24, 2.45) is 0 Å². The Bertz CT molecular complexity index is 976. The van der Waals surface area contributed by atoms with Crippen LogP contribution in [-0.4, -0.2) is 21.7 Å². The fourth-order valence-electron chi connectivity index (χ4n) is 3.02. The van der Waals surface area contributed by atoms with E-state index >= 15 is 0 Å². The van der Waals surface area contributed by atoms with Gasteiger partial charge in [0.2, 0.25) is 0 Å². The summed E-state index contributed by atoms with van der Waals surface area (Å²) in [5, 5.41) is 7.41. The van der Waals surface area contributed by atoms with Crippen LogP contribution < -0.4 is 15.3 Å². The predicted octanol–water partition coefficient (Wildman–Crippen LogP) is 3.68. The van der Waals surface area contributed by atoms with Gasteiger partial charge in [-0.1, -0.05) is 60.7 Å². The maximum absolute atomic E-state index is 5.45. The lowest BCUT2D eigenvalue weighted by Gasteiger charge is -2.17. The summed E-state index contributed by atoms with van der Waals surface area (Å²) in [6.07, 6.45) is 0.799. The molecular weight excluding hydrogens is 341 g/mol. The molecule has 0 saturated heterocycles. The molecule has 0 aliphatic rings. The van der Waals surface area contributed by atoms with Crippen LogP contribution in [0.15, 0.2) is 72.8 Å². The fourth-order valence-corrected chi connectivity index (χ4v) is 5.16. The van der Waals surface area contributed by atoms with E-state index in [1.165, 1.54) is 10.6 Å². The third-order valence-corrected chi connectivity index (χ3v) is 6.78. The molecule has 0 N–H and O–H groups in total. The van der Waals surface area contributed by atoms with Gasteiger partial charge in [0.1, 0.15) is 0 Å². The van der Waals surface area contributed by atoms with Gasteiger partial charge in [-0.3, -0.25) is 0 Å². The number of rotatable bonds is 5. The Morgan fingerprint density at radius 1 is 0.885 bits per heavy atom. The second kappa shape index (κ2) is 7.27. The average molecular weight is 361 g/mol. The van der Waals surface area contributed by atoms with Crippen molar-refractivity contribution in [1.29, 1.82) is 0 Å². The third-order valence-electron chi connectivity index (χ3n) is 4.34. The normalized spacial score (nSPS) is 11.2. The number of methoxy groups -OCH3 is 1. The molecule has 2 heterocycles. The highest BCUT2D eigenvalue weighted by molar-refractivity contribution is 7.72. The van der Waals surface area contributed by atoms with Gasteiger partial charge < -0.3 is 4.74 Å². The number of benzene rings is 2. The summed E-state index contributed by atoms with van der Waals surface area (Å²) in [6.45, 7) is 2.03. The maximum Gasteiger partial charge on any atom is 0.198 e. The van der Waals surface area contributed by atoms with Crippen LogP contribution in [0.25, 0.3) is 5.65 Å². The molecule has 26 heavy (non-hydrogen) atoms. The van der Waals surface area contributed by atoms with Crippen molar-refractivity contribution in [3.8, 4) is 5.75 Å². The van der Waals surface area contributed by atoms with Crippen molar-refractivity contribution in [2.75, 3.05) is 7.11 Å². The molecule has 4 aromatic rings. The van der Waals surface area contributed by atoms with Gasteiger partial charge in [-0.15, -0.1) is 0 Å². The van der Waals surface area contributed by atoms with Gasteiger partial charge in [-0.25, -0.2) is 9.50 Å². The van der Waals surface area contributed by atoms with E-state index in [0.29, 0.717) is 0 Å². The SMILES string of the molecule is COc1ccc(C)n2nc(CP(c3ccccc3)c3ccccc3)nc12. The average Bonchev–Trinajstić information content (AvgIpc) is 3.13. The lowest BCUT2D eigenvalue weighted by Crippen LogP contribution is -2.13. The van der Waals surface area contributed by atoms with Crippen LogP contribution in [0.5, 0.6) is 5.75 Å². The Morgan fingerprint density at radius 3 is 2.08 bits per heavy atom. The largest absolute Gasteiger partial charge is 0.493 e. The molecule has 5 heteroatoms. The highest BCUT2D eigenvalue weighted by atomic mass is 31.1. The van der Waals surface area contributed by atoms with Crippen molar-refractivity contribution in [3.63, 3.8) is 0 Å². The summed E-state index contributed by atoms with van der Waals surface area (Å²) < 4.78 is 7.32. The van der Waals surface area contributed by atoms with Crippen LogP contribution in [-0.2, 0) is 6.16 Å². The summed E-state index contributed by atoms with van der Waals surface area (Å²) >= 11 is 0. The zero-order chi connectivity index (χ0) is 17.9. The molecule has 0 unspecified atom stereocenters. The summed E-state index contributed by atoms with van der Waals surface area (Å²) in [6, 6.07) is 25.2. The smallest absolute Gasteiger partial charge is 0.198 e. The standard InChI is InChI=1S/C21H20N3OP/c1-16-13-14-19(25-2)21-22-20(23-24(16)21)15-26(17-9-5-3-6-10-17)18-11-7-4-8-12-18/h3-14H,15H2,1-2H3. The predicted molar refractivity (Wildman–Crippen MR) is 107 cm³/mol. The first-order chi connectivity index (χ1) is 12.8. The first-order valence-electron chi connectivity index (χ1n) is 8.53. The van der Waals surface area contributed by atoms with E-state index in [9.17, 15) is 0 Å². The molecule has 0 fully saturated rings. The van der Waals surface area contributed by atoms with Crippen LogP contribution in [0.4, 0.5) is 0 Å². The Kier molecular flexibility index (Phi) is 4.68. The molecule has 0 atom stereocenters. The molecule has 0 bridgehead atoms. The molecule has 0 saturated carbocycles. The van der Waals surface area contributed by atoms with Crippen molar-refractivity contribution < 1.29 is 4.74 Å². The number of ether oxygens (including phenoxy) is 1. The van der Waals surface area contributed by atoms with E-state index < -0.39 is 7.92 Å². The Morgan fingerprint density at radius 2 is 1.50 bits per heavy atom. The van der Waals surface area contributed by atoms with E-state index in [1.54, 1.807) is 7.11 Å². The van der Waals surface area contributed by atoms with Crippen molar-refractivity contribution in [1.82, 2.24) is 14.6 Å². The molecule has 4 nitrogen and oxygen atoms in total. The van der Waals surface area contributed by atoms with Gasteiger partial charge in [-0.05, 0) is 37.6 Å². The van der Waals surface area contributed by atoms with Crippen molar-refractivity contribution in [2.45, 2.75) is 13.1 Å². The van der Waals surface area contributed by atoms with E-state index in [1.807, 2.05) is 23.6 Å². The number of aryl methyl sites for hydroxylation is 1. The van der Waals surface area contributed by atoms with E-state index in [2.05, 4.69) is 60.7 Å². The minimum Gasteiger partial charge on any atom is -0.493 e. The Hall–Kier alpha value is -2.71. The first-order valence-corrected chi connectivity index (χ1v) is 10.1. The highest BCUT2D eigenvalue weighted by Crippen LogP contribution is 2.37. The van der Waals surface area contributed by atoms with Crippen LogP contribution in [0, 0.1) is 6.92 Å². The van der Waals surface area contributed by atoms with Crippen LogP contribution in [0.2, 0.25) is 0 Å². The van der Waals surface area contributed by atoms with Crippen molar-refractivity contribution >= 4 is 24.2 Å². The summed E-state index contributed by atoms with van der Waals surface area (Å²) in [7, 11) is 1.10. The Labute approximate surface area is 154 Å². The number of pyridine rings is 1. The summed E-state index contributed by atoms with van der Waals surface area (Å²) in [5.74, 6) is 1.59. The molecule has 0 amide bonds. The van der Waals surface area contributed by atoms with Crippen molar-refractivity contribution in [3.05, 3.63) is 84.3 Å². The third kappa shape index (κ3) is 3.21. The van der Waals surface area contributed by atoms with E-state index in [4.69, 9.17) is 14.8 Å². The first kappa shape index (κ1) is 16.7. The van der Waals surface area contributed by atoms with Gasteiger partial charge >= 0.3 is 0 Å². The van der Waals surface area contributed by atoms with E-state index in [0.717, 1.165) is 29.1 Å². The molecule has 130 valence electrons. The molecular formula is C21H20N3OP. The number of hydrogen-bond donors (Lipinski definition) is 0. The van der Waals surface area contributed by atoms with Crippen LogP contribution in [0.1, 0.15) is 11.5 Å². The number of fused-ring (bicyclic) bond motifs is 1. The zero-order valence-corrected chi connectivity index (χ0v) is 15.7. The molecule has 4 rings (SSSR count). The molecule has 2 aromatic heterocycles. The lowest BCUT2D eigenvalue weighted by molar-refractivity contribution is 0.416. The number of hydrogen-bond acceptors (Lipinski definition) is 3. The summed E-state index contributed by atoms with van der Waals surface area (Å²) in [4.78, 5) is 4.78. The minimum atomic E-state index is -0.567. The second-order valence-electron chi connectivity index (χ2n) is 6.06. The molecule has 0 aliphatic heterocycles. The maximum atomic E-state index is 5.45. The van der Waals surface area contributed by atoms with Gasteiger partial charge in [0, 0.05) is 11.9 Å². The Balaban J connectivity index is 1.77. The number of aromatic nitrogens is 3. The monoisotopic (exact) mass is 361 g/mol. The van der Waals surface area contributed by atoms with Gasteiger partial charge in [0.15, 0.2) is 17.2 Å². The topological polar surface area (TPSA) is 39.4 Å². The molecule has 0 radical (unpaired) electrons. The lowest BCUT2D eigenvalue weighted by atomic mass is 10.3. The number of nitrogens with zero attached hydrogens (tertiary/aromatic N) is 3. The zero-order valence-electron chi connectivity index (χ0n) is 14.8. The molecule has 2 aromatic carbocycles. The van der Waals surface area contributed by atoms with Crippen LogP contribution >= 0.6 is 7.92 Å². The fraction of sp³-hybridized carbons (Fsp3) is 0.143. The van der Waals surface area contributed by atoms with Crippen LogP contribution in [0.3, 0.4) is 0 Å². The summed E-state index contributed by atoms with van der Waals surface area (Å²) in [5.41, 5.74) is 1.82. The van der Waals surface area contributed by atoms with Gasteiger partial charge in [-0.2, -0.15) is 5.10 Å². The van der Waals surface area contributed by atoms with Gasteiger partial charge in [0.05, 0.1) is 7.11 Å². The van der Waals surface area contributed by atoms with E-state index in [-0.39, 0.29) is 0 Å². The highest BCUT2D eigenvalue weighted by Gasteiger charge is 2.18. The molecule has 0 spiro atoms. The minimum absolute atomic E-state index is 0.567. The quantitative estimate of drug-likeness (QED) is 0.509. The van der Waals surface area contributed by atoms with Gasteiger partial charge in [0.25, 0.3) is 0 Å².